The van der Waals surface area contributed by atoms with Gasteiger partial charge >= 0.3 is 0 Å². The molecule has 27 heavy (non-hydrogen) atoms. The lowest BCUT2D eigenvalue weighted by molar-refractivity contribution is 0.414. The minimum Gasteiger partial charge on any atom is -0.497 e. The number of para-hydroxylation sites is 1. The van der Waals surface area contributed by atoms with E-state index in [9.17, 15) is 4.79 Å². The second kappa shape index (κ2) is 8.54. The van der Waals surface area contributed by atoms with Crippen LogP contribution in [0.25, 0.3) is 5.69 Å². The van der Waals surface area contributed by atoms with E-state index in [2.05, 4.69) is 17.0 Å². The summed E-state index contributed by atoms with van der Waals surface area (Å²) in [4.78, 5) is 17.7. The molecule has 1 N–H and O–H groups in total. The van der Waals surface area contributed by atoms with Gasteiger partial charge in [0.25, 0.3) is 5.56 Å². The molecular formula is C22H25N3O2. The van der Waals surface area contributed by atoms with Gasteiger partial charge in [-0.2, -0.15) is 0 Å². The molecule has 0 atom stereocenters. The number of aromatic nitrogens is 2. The average molecular weight is 363 g/mol. The molecule has 0 saturated carbocycles. The second-order valence-corrected chi connectivity index (χ2v) is 6.44. The first-order valence-corrected chi connectivity index (χ1v) is 9.17. The number of aryl methyl sites for hydroxylation is 1. The summed E-state index contributed by atoms with van der Waals surface area (Å²) in [6.07, 6.45) is 1.75. The van der Waals surface area contributed by atoms with Gasteiger partial charge in [-0.3, -0.25) is 14.9 Å². The molecule has 1 heterocycles. The number of hydrogen-bond acceptors (Lipinski definition) is 3. The van der Waals surface area contributed by atoms with Gasteiger partial charge in [0.05, 0.1) is 24.9 Å². The Morgan fingerprint density at radius 1 is 1.15 bits per heavy atom. The summed E-state index contributed by atoms with van der Waals surface area (Å²) in [5, 5.41) is 3.27. The van der Waals surface area contributed by atoms with E-state index in [-0.39, 0.29) is 5.56 Å². The molecule has 0 bridgehead atoms. The van der Waals surface area contributed by atoms with Crippen molar-refractivity contribution >= 4 is 5.71 Å². The smallest absolute Gasteiger partial charge is 0.280 e. The van der Waals surface area contributed by atoms with Gasteiger partial charge in [-0.1, -0.05) is 43.7 Å². The monoisotopic (exact) mass is 363 g/mol. The normalized spacial score (nSPS) is 11.6. The van der Waals surface area contributed by atoms with Crippen molar-refractivity contribution in [1.82, 2.24) is 9.78 Å². The average Bonchev–Trinajstić information content (AvgIpc) is 3.03. The number of nitrogens with one attached hydrogen (secondary N) is 1. The van der Waals surface area contributed by atoms with Crippen LogP contribution >= 0.6 is 0 Å². The van der Waals surface area contributed by atoms with Gasteiger partial charge in [-0.05, 0) is 43.2 Å². The summed E-state index contributed by atoms with van der Waals surface area (Å²) in [5.41, 5.74) is 4.16. The van der Waals surface area contributed by atoms with Crippen LogP contribution in [0.3, 0.4) is 0 Å². The molecule has 0 radical (unpaired) electrons. The van der Waals surface area contributed by atoms with Crippen LogP contribution in [0.15, 0.2) is 64.4 Å². The number of rotatable bonds is 7. The number of methoxy groups -OCH3 is 1. The Balaban J connectivity index is 1.96. The molecule has 3 aromatic rings. The second-order valence-electron chi connectivity index (χ2n) is 6.44. The number of benzene rings is 2. The molecule has 0 aliphatic carbocycles. The highest BCUT2D eigenvalue weighted by Gasteiger charge is 2.17. The number of hydrogen-bond donors (Lipinski definition) is 1. The topological polar surface area (TPSA) is 59.4 Å². The maximum Gasteiger partial charge on any atom is 0.280 e. The summed E-state index contributed by atoms with van der Waals surface area (Å²) in [5.74, 6) is 0.806. The fourth-order valence-electron chi connectivity index (χ4n) is 3.11. The largest absolute Gasteiger partial charge is 0.497 e. The molecule has 0 aliphatic heterocycles. The fourth-order valence-corrected chi connectivity index (χ4v) is 3.11. The third-order valence-electron chi connectivity index (χ3n) is 4.47. The van der Waals surface area contributed by atoms with E-state index in [0.29, 0.717) is 12.1 Å². The fraction of sp³-hybridized carbons (Fsp3) is 0.273. The number of aliphatic imine (C=N–C) groups is 1. The van der Waals surface area contributed by atoms with Crippen LogP contribution in [0.5, 0.6) is 5.75 Å². The van der Waals surface area contributed by atoms with E-state index in [1.165, 1.54) is 0 Å². The van der Waals surface area contributed by atoms with E-state index >= 15 is 0 Å². The molecule has 3 rings (SSSR count). The van der Waals surface area contributed by atoms with Gasteiger partial charge < -0.3 is 4.74 Å². The lowest BCUT2D eigenvalue weighted by Crippen LogP contribution is -2.19. The maximum absolute atomic E-state index is 13.0. The van der Waals surface area contributed by atoms with E-state index in [0.717, 1.165) is 41.2 Å². The third kappa shape index (κ3) is 4.19. The van der Waals surface area contributed by atoms with E-state index < -0.39 is 0 Å². The van der Waals surface area contributed by atoms with Crippen LogP contribution in [-0.4, -0.2) is 22.6 Å². The van der Waals surface area contributed by atoms with Gasteiger partial charge in [-0.25, -0.2) is 4.68 Å². The summed E-state index contributed by atoms with van der Waals surface area (Å²) in [6.45, 7) is 4.51. The Morgan fingerprint density at radius 2 is 1.93 bits per heavy atom. The highest BCUT2D eigenvalue weighted by Crippen LogP contribution is 2.15. The van der Waals surface area contributed by atoms with Crippen molar-refractivity contribution in [2.45, 2.75) is 33.2 Å². The molecule has 5 nitrogen and oxygen atoms in total. The molecule has 1 aromatic heterocycles. The van der Waals surface area contributed by atoms with Crippen molar-refractivity contribution in [2.75, 3.05) is 7.11 Å². The predicted octanol–water partition coefficient (Wildman–Crippen LogP) is 4.14. The first-order valence-electron chi connectivity index (χ1n) is 9.17. The van der Waals surface area contributed by atoms with E-state index in [1.54, 1.807) is 11.8 Å². The highest BCUT2D eigenvalue weighted by atomic mass is 16.5. The van der Waals surface area contributed by atoms with Gasteiger partial charge in [0.1, 0.15) is 5.75 Å². The molecule has 2 aromatic carbocycles. The summed E-state index contributed by atoms with van der Waals surface area (Å²) in [7, 11) is 1.65. The minimum atomic E-state index is -0.0588. The Hall–Kier alpha value is -3.08. The number of aromatic amines is 1. The Kier molecular flexibility index (Phi) is 5.91. The Bertz CT molecular complexity index is 984. The summed E-state index contributed by atoms with van der Waals surface area (Å²) < 4.78 is 6.86. The van der Waals surface area contributed by atoms with Crippen LogP contribution in [0.4, 0.5) is 0 Å². The van der Waals surface area contributed by atoms with Crippen LogP contribution < -0.4 is 10.3 Å². The van der Waals surface area contributed by atoms with Crippen LogP contribution in [0, 0.1) is 0 Å². The third-order valence-corrected chi connectivity index (χ3v) is 4.47. The molecule has 5 heteroatoms. The minimum absolute atomic E-state index is 0.0588. The SMILES string of the molecule is CCCc1[nH]n(-c2ccccc2)c(=O)c1C(C)=NCc1cccc(OC)c1. The van der Waals surface area contributed by atoms with E-state index in [4.69, 9.17) is 4.74 Å². The molecule has 0 saturated heterocycles. The first kappa shape index (κ1) is 18.7. The zero-order valence-electron chi connectivity index (χ0n) is 16.0. The molecule has 0 amide bonds. The summed E-state index contributed by atoms with van der Waals surface area (Å²) >= 11 is 0. The lowest BCUT2D eigenvalue weighted by Gasteiger charge is -2.04. The van der Waals surface area contributed by atoms with Gasteiger partial charge in [0.15, 0.2) is 0 Å². The number of H-pyrrole nitrogens is 1. The van der Waals surface area contributed by atoms with Crippen molar-refractivity contribution in [1.29, 1.82) is 0 Å². The molecule has 0 fully saturated rings. The van der Waals surface area contributed by atoms with Crippen LogP contribution in [0.2, 0.25) is 0 Å². The quantitative estimate of drug-likeness (QED) is 0.642. The van der Waals surface area contributed by atoms with Gasteiger partial charge in [0, 0.05) is 11.4 Å². The number of nitrogens with zero attached hydrogens (tertiary/aromatic N) is 2. The lowest BCUT2D eigenvalue weighted by atomic mass is 10.1. The molecule has 140 valence electrons. The van der Waals surface area contributed by atoms with Crippen molar-refractivity contribution < 1.29 is 4.74 Å². The van der Waals surface area contributed by atoms with Crippen molar-refractivity contribution in [3.63, 3.8) is 0 Å². The zero-order valence-corrected chi connectivity index (χ0v) is 16.0. The van der Waals surface area contributed by atoms with Crippen molar-refractivity contribution in [3.05, 3.63) is 81.8 Å². The highest BCUT2D eigenvalue weighted by molar-refractivity contribution is 5.99. The Labute approximate surface area is 159 Å². The maximum atomic E-state index is 13.0. The summed E-state index contributed by atoms with van der Waals surface area (Å²) in [6, 6.07) is 17.4. The van der Waals surface area contributed by atoms with Crippen LogP contribution in [0.1, 0.15) is 37.1 Å². The van der Waals surface area contributed by atoms with Gasteiger partial charge in [-0.15, -0.1) is 0 Å². The van der Waals surface area contributed by atoms with E-state index in [1.807, 2.05) is 61.5 Å². The first-order chi connectivity index (χ1) is 13.1. The van der Waals surface area contributed by atoms with Crippen molar-refractivity contribution in [3.8, 4) is 11.4 Å². The molecule has 0 spiro atoms. The molecule has 0 aliphatic rings. The van der Waals surface area contributed by atoms with Crippen LogP contribution in [-0.2, 0) is 13.0 Å². The van der Waals surface area contributed by atoms with Gasteiger partial charge in [0.2, 0.25) is 0 Å². The zero-order chi connectivity index (χ0) is 19.2. The molecule has 0 unspecified atom stereocenters. The standard InChI is InChI=1S/C22H25N3O2/c1-4-9-20-21(22(26)25(24-20)18-11-6-5-7-12-18)16(2)23-15-17-10-8-13-19(14-17)27-3/h5-8,10-14,24H,4,9,15H2,1-3H3. The molecular weight excluding hydrogens is 338 g/mol. The predicted molar refractivity (Wildman–Crippen MR) is 109 cm³/mol. The Morgan fingerprint density at radius 3 is 2.63 bits per heavy atom. The van der Waals surface area contributed by atoms with Crippen molar-refractivity contribution in [2.24, 2.45) is 4.99 Å². The number of ether oxygens (including phenoxy) is 1.